The molecular formula is C8H9BrN2O3. The number of nitro groups is 1. The lowest BCUT2D eigenvalue weighted by Crippen LogP contribution is -2.14. The third-order valence-corrected chi connectivity index (χ3v) is 2.48. The number of halogens is 1. The van der Waals surface area contributed by atoms with Crippen LogP contribution in [0.2, 0.25) is 0 Å². The normalized spacial score (nSPS) is 12.5. The summed E-state index contributed by atoms with van der Waals surface area (Å²) in [6.45, 7) is -0.198. The first kappa shape index (κ1) is 11.1. The second-order valence-corrected chi connectivity index (χ2v) is 3.61. The molecule has 0 amide bonds. The largest absolute Gasteiger partial charge is 0.394 e. The van der Waals surface area contributed by atoms with Crippen molar-refractivity contribution in [1.82, 2.24) is 0 Å². The maximum atomic E-state index is 10.4. The molecule has 6 heteroatoms. The molecule has 1 aromatic rings. The molecule has 0 fully saturated rings. The Balaban J connectivity index is 3.07. The molecular weight excluding hydrogens is 252 g/mol. The molecule has 0 saturated carbocycles. The second-order valence-electron chi connectivity index (χ2n) is 2.75. The van der Waals surface area contributed by atoms with Gasteiger partial charge < -0.3 is 10.8 Å². The summed E-state index contributed by atoms with van der Waals surface area (Å²) in [7, 11) is 0. The fourth-order valence-corrected chi connectivity index (χ4v) is 1.69. The Labute approximate surface area is 88.8 Å². The number of hydrogen-bond acceptors (Lipinski definition) is 4. The summed E-state index contributed by atoms with van der Waals surface area (Å²) in [5.74, 6) is 0. The van der Waals surface area contributed by atoms with Gasteiger partial charge >= 0.3 is 0 Å². The number of aliphatic hydroxyl groups excluding tert-OH is 1. The number of aliphatic hydroxyl groups is 1. The van der Waals surface area contributed by atoms with E-state index < -0.39 is 11.0 Å². The number of nitrogens with two attached hydrogens (primary N) is 1. The van der Waals surface area contributed by atoms with Crippen LogP contribution in [0.1, 0.15) is 11.6 Å². The van der Waals surface area contributed by atoms with Crippen molar-refractivity contribution in [3.8, 4) is 0 Å². The third kappa shape index (κ3) is 2.28. The Hall–Kier alpha value is -0.980. The number of non-ortho nitro benzene ring substituents is 1. The van der Waals surface area contributed by atoms with Crippen LogP contribution < -0.4 is 5.73 Å². The average Bonchev–Trinajstić information content (AvgIpc) is 2.16. The van der Waals surface area contributed by atoms with Crippen LogP contribution in [0.15, 0.2) is 22.7 Å². The molecule has 1 aromatic carbocycles. The molecule has 14 heavy (non-hydrogen) atoms. The molecule has 0 aliphatic carbocycles. The molecule has 0 bridgehead atoms. The number of nitrogens with zero attached hydrogens (tertiary/aromatic N) is 1. The lowest BCUT2D eigenvalue weighted by atomic mass is 10.1. The van der Waals surface area contributed by atoms with Gasteiger partial charge in [-0.15, -0.1) is 0 Å². The summed E-state index contributed by atoms with van der Waals surface area (Å²) in [5, 5.41) is 19.2. The summed E-state index contributed by atoms with van der Waals surface area (Å²) < 4.78 is 0.535. The van der Waals surface area contributed by atoms with Gasteiger partial charge in [0.2, 0.25) is 0 Å². The highest BCUT2D eigenvalue weighted by Crippen LogP contribution is 2.26. The molecule has 0 spiro atoms. The van der Waals surface area contributed by atoms with Crippen LogP contribution in [-0.4, -0.2) is 16.6 Å². The first-order valence-electron chi connectivity index (χ1n) is 3.86. The maximum absolute atomic E-state index is 10.4. The first-order chi connectivity index (χ1) is 6.56. The van der Waals surface area contributed by atoms with Gasteiger partial charge in [0.25, 0.3) is 5.69 Å². The van der Waals surface area contributed by atoms with E-state index in [-0.39, 0.29) is 12.3 Å². The van der Waals surface area contributed by atoms with Crippen molar-refractivity contribution in [2.45, 2.75) is 6.04 Å². The zero-order valence-electron chi connectivity index (χ0n) is 7.18. The molecule has 1 rings (SSSR count). The van der Waals surface area contributed by atoms with Gasteiger partial charge in [-0.2, -0.15) is 0 Å². The number of rotatable bonds is 3. The standard InChI is InChI=1S/C8H9BrN2O3/c9-7-3-5(11(13)14)1-2-6(7)8(10)4-12/h1-3,8,12H,4,10H2/t8-/m0/s1. The Morgan fingerprint density at radius 2 is 2.29 bits per heavy atom. The van der Waals surface area contributed by atoms with Gasteiger partial charge in [-0.3, -0.25) is 10.1 Å². The van der Waals surface area contributed by atoms with E-state index in [1.54, 1.807) is 0 Å². The van der Waals surface area contributed by atoms with Crippen LogP contribution in [0.4, 0.5) is 5.69 Å². The van der Waals surface area contributed by atoms with Crippen LogP contribution in [-0.2, 0) is 0 Å². The van der Waals surface area contributed by atoms with Crippen LogP contribution in [0.25, 0.3) is 0 Å². The van der Waals surface area contributed by atoms with Crippen LogP contribution in [0, 0.1) is 10.1 Å². The summed E-state index contributed by atoms with van der Waals surface area (Å²) in [5.41, 5.74) is 6.21. The van der Waals surface area contributed by atoms with Crippen LogP contribution in [0.5, 0.6) is 0 Å². The highest BCUT2D eigenvalue weighted by molar-refractivity contribution is 9.10. The van der Waals surface area contributed by atoms with E-state index >= 15 is 0 Å². The minimum atomic E-state index is -0.523. The molecule has 0 radical (unpaired) electrons. The maximum Gasteiger partial charge on any atom is 0.270 e. The van der Waals surface area contributed by atoms with Crippen molar-refractivity contribution in [3.05, 3.63) is 38.3 Å². The number of hydrogen-bond donors (Lipinski definition) is 2. The second kappa shape index (κ2) is 4.50. The lowest BCUT2D eigenvalue weighted by molar-refractivity contribution is -0.384. The van der Waals surface area contributed by atoms with E-state index in [1.165, 1.54) is 18.2 Å². The molecule has 76 valence electrons. The fourth-order valence-electron chi connectivity index (χ4n) is 1.03. The van der Waals surface area contributed by atoms with Gasteiger partial charge in [-0.25, -0.2) is 0 Å². The summed E-state index contributed by atoms with van der Waals surface area (Å²) in [4.78, 5) is 9.92. The predicted molar refractivity (Wildman–Crippen MR) is 54.8 cm³/mol. The van der Waals surface area contributed by atoms with Crippen molar-refractivity contribution in [2.24, 2.45) is 5.73 Å². The lowest BCUT2D eigenvalue weighted by Gasteiger charge is -2.09. The van der Waals surface area contributed by atoms with Gasteiger partial charge in [0.15, 0.2) is 0 Å². The molecule has 3 N–H and O–H groups in total. The van der Waals surface area contributed by atoms with Gasteiger partial charge in [-0.05, 0) is 11.6 Å². The molecule has 1 atom stereocenters. The SMILES string of the molecule is N[C@@H](CO)c1ccc([N+](=O)[O-])cc1Br. The number of benzene rings is 1. The van der Waals surface area contributed by atoms with Gasteiger partial charge in [-0.1, -0.05) is 15.9 Å². The van der Waals surface area contributed by atoms with Crippen molar-refractivity contribution in [3.63, 3.8) is 0 Å². The molecule has 0 unspecified atom stereocenters. The van der Waals surface area contributed by atoms with Gasteiger partial charge in [0.05, 0.1) is 17.6 Å². The molecule has 0 heterocycles. The van der Waals surface area contributed by atoms with E-state index in [4.69, 9.17) is 10.8 Å². The van der Waals surface area contributed by atoms with Crippen molar-refractivity contribution < 1.29 is 10.0 Å². The Morgan fingerprint density at radius 1 is 1.64 bits per heavy atom. The molecule has 0 aliphatic heterocycles. The van der Waals surface area contributed by atoms with Crippen molar-refractivity contribution in [2.75, 3.05) is 6.61 Å². The predicted octanol–water partition coefficient (Wildman–Crippen LogP) is 1.35. The zero-order valence-corrected chi connectivity index (χ0v) is 8.77. The highest BCUT2D eigenvalue weighted by atomic mass is 79.9. The first-order valence-corrected chi connectivity index (χ1v) is 4.66. The Bertz CT molecular complexity index is 356. The number of nitro benzene ring substituents is 1. The van der Waals surface area contributed by atoms with E-state index in [0.717, 1.165) is 0 Å². The van der Waals surface area contributed by atoms with Crippen molar-refractivity contribution >= 4 is 21.6 Å². The van der Waals surface area contributed by atoms with Crippen LogP contribution in [0.3, 0.4) is 0 Å². The van der Waals surface area contributed by atoms with E-state index in [9.17, 15) is 10.1 Å². The van der Waals surface area contributed by atoms with E-state index in [1.807, 2.05) is 0 Å². The van der Waals surface area contributed by atoms with Crippen LogP contribution >= 0.6 is 15.9 Å². The summed E-state index contributed by atoms with van der Waals surface area (Å²) >= 11 is 3.16. The van der Waals surface area contributed by atoms with E-state index in [2.05, 4.69) is 15.9 Å². The Kier molecular flexibility index (Phi) is 3.56. The average molecular weight is 261 g/mol. The quantitative estimate of drug-likeness (QED) is 0.634. The summed E-state index contributed by atoms with van der Waals surface area (Å²) in [6.07, 6.45) is 0. The molecule has 0 aromatic heterocycles. The molecule has 5 nitrogen and oxygen atoms in total. The zero-order chi connectivity index (χ0) is 10.7. The topological polar surface area (TPSA) is 89.4 Å². The fraction of sp³-hybridized carbons (Fsp3) is 0.250. The third-order valence-electron chi connectivity index (χ3n) is 1.79. The smallest absolute Gasteiger partial charge is 0.270 e. The minimum Gasteiger partial charge on any atom is -0.394 e. The summed E-state index contributed by atoms with van der Waals surface area (Å²) in [6, 6.07) is 3.73. The Morgan fingerprint density at radius 3 is 2.71 bits per heavy atom. The van der Waals surface area contributed by atoms with Gasteiger partial charge in [0.1, 0.15) is 0 Å². The monoisotopic (exact) mass is 260 g/mol. The van der Waals surface area contributed by atoms with Gasteiger partial charge in [0, 0.05) is 16.6 Å². The highest BCUT2D eigenvalue weighted by Gasteiger charge is 2.13. The molecule has 0 saturated heterocycles. The van der Waals surface area contributed by atoms with E-state index in [0.29, 0.717) is 10.0 Å². The molecule has 0 aliphatic rings. The minimum absolute atomic E-state index is 0.00855. The van der Waals surface area contributed by atoms with Crippen molar-refractivity contribution in [1.29, 1.82) is 0 Å².